The van der Waals surface area contributed by atoms with Gasteiger partial charge in [0.15, 0.2) is 5.82 Å². The van der Waals surface area contributed by atoms with Crippen LogP contribution >= 0.6 is 0 Å². The summed E-state index contributed by atoms with van der Waals surface area (Å²) in [6.07, 6.45) is -3.03. The predicted molar refractivity (Wildman–Crippen MR) is 80.2 cm³/mol. The Morgan fingerprint density at radius 2 is 1.68 bits per heavy atom. The van der Waals surface area contributed by atoms with Crippen LogP contribution in [0.15, 0.2) is 29.5 Å². The molecule has 0 saturated carbocycles. The Morgan fingerprint density at radius 3 is 2.25 bits per heavy atom. The lowest BCUT2D eigenvalue weighted by atomic mass is 10.0. The van der Waals surface area contributed by atoms with Crippen molar-refractivity contribution in [3.63, 3.8) is 0 Å². The van der Waals surface area contributed by atoms with Gasteiger partial charge in [-0.1, -0.05) is 0 Å². The summed E-state index contributed by atoms with van der Waals surface area (Å²) in [5, 5.41) is 8.80. The zero-order chi connectivity index (χ0) is 20.8. The number of aromatic nitrogens is 3. The van der Waals surface area contributed by atoms with Crippen molar-refractivity contribution < 1.29 is 35.9 Å². The van der Waals surface area contributed by atoms with Crippen molar-refractivity contribution in [3.05, 3.63) is 53.3 Å². The number of hydrogen-bond acceptors (Lipinski definition) is 4. The third-order valence-corrected chi connectivity index (χ3v) is 3.77. The van der Waals surface area contributed by atoms with E-state index >= 15 is 0 Å². The molecule has 0 fully saturated rings. The fourth-order valence-electron chi connectivity index (χ4n) is 2.44. The molecule has 12 heteroatoms. The third-order valence-electron chi connectivity index (χ3n) is 3.77. The molecule has 148 valence electrons. The Bertz CT molecular complexity index is 1070. The predicted octanol–water partition coefficient (Wildman–Crippen LogP) is 3.70. The van der Waals surface area contributed by atoms with Gasteiger partial charge in [-0.15, -0.1) is 0 Å². The van der Waals surface area contributed by atoms with Crippen LogP contribution in [0.25, 0.3) is 22.6 Å². The van der Waals surface area contributed by atoms with Crippen molar-refractivity contribution in [2.24, 2.45) is 4.99 Å². The van der Waals surface area contributed by atoms with Crippen LogP contribution in [-0.2, 0) is 0 Å². The molecular weight excluding hydrogens is 397 g/mol. The molecule has 2 aliphatic heterocycles. The first-order valence-corrected chi connectivity index (χ1v) is 7.52. The summed E-state index contributed by atoms with van der Waals surface area (Å²) in [6, 6.07) is -1.97. The molecular formula is C16H9F7N4O. The van der Waals surface area contributed by atoms with Crippen LogP contribution in [0.4, 0.5) is 30.7 Å². The largest absolute Gasteiger partial charge is 0.427 e. The first-order valence-electron chi connectivity index (χ1n) is 7.52. The second kappa shape index (κ2) is 6.77. The number of hydrogen-bond donors (Lipinski definition) is 1. The number of nitrogens with zero attached hydrogens (tertiary/aromatic N) is 4. The maximum Gasteiger partial charge on any atom is 0.410 e. The molecule has 1 N–H and O–H groups in total. The van der Waals surface area contributed by atoms with E-state index < -0.39 is 63.6 Å². The van der Waals surface area contributed by atoms with Gasteiger partial charge in [0, 0.05) is 18.3 Å². The smallest absolute Gasteiger partial charge is 0.410 e. The van der Waals surface area contributed by atoms with Crippen molar-refractivity contribution in [1.82, 2.24) is 14.7 Å². The maximum atomic E-state index is 14.6. The fourth-order valence-corrected chi connectivity index (χ4v) is 2.44. The molecule has 2 heterocycles. The van der Waals surface area contributed by atoms with Crippen LogP contribution in [0.1, 0.15) is 6.92 Å². The summed E-state index contributed by atoms with van der Waals surface area (Å²) >= 11 is 0. The molecule has 1 aromatic rings. The van der Waals surface area contributed by atoms with Crippen LogP contribution in [0.2, 0.25) is 0 Å². The SMILES string of the molecule is CC(N=c1c2nccn(O)c-2nc(F)c1-c1c(F)cc(F)cc1F)C(F)(F)F. The summed E-state index contributed by atoms with van der Waals surface area (Å²) < 4.78 is 95.4. The highest BCUT2D eigenvalue weighted by molar-refractivity contribution is 5.70. The van der Waals surface area contributed by atoms with E-state index in [-0.39, 0.29) is 16.9 Å². The van der Waals surface area contributed by atoms with E-state index in [0.717, 1.165) is 12.4 Å². The Balaban J connectivity index is 2.51. The van der Waals surface area contributed by atoms with Crippen LogP contribution < -0.4 is 5.36 Å². The lowest BCUT2D eigenvalue weighted by Crippen LogP contribution is -2.29. The zero-order valence-electron chi connectivity index (χ0n) is 13.8. The molecule has 1 aromatic carbocycles. The highest BCUT2D eigenvalue weighted by atomic mass is 19.4. The van der Waals surface area contributed by atoms with Crippen LogP contribution in [-0.4, -0.2) is 32.1 Å². The summed E-state index contributed by atoms with van der Waals surface area (Å²) in [5.41, 5.74) is -2.81. The molecule has 5 nitrogen and oxygen atoms in total. The third kappa shape index (κ3) is 3.37. The van der Waals surface area contributed by atoms with Crippen LogP contribution in [0.3, 0.4) is 0 Å². The number of alkyl halides is 3. The van der Waals surface area contributed by atoms with E-state index in [2.05, 4.69) is 15.0 Å². The minimum Gasteiger partial charge on any atom is -0.427 e. The van der Waals surface area contributed by atoms with Gasteiger partial charge in [-0.05, 0) is 6.92 Å². The quantitative estimate of drug-likeness (QED) is 0.401. The van der Waals surface area contributed by atoms with Gasteiger partial charge in [0.1, 0.15) is 34.5 Å². The van der Waals surface area contributed by atoms with Gasteiger partial charge < -0.3 is 5.21 Å². The van der Waals surface area contributed by atoms with E-state index in [9.17, 15) is 35.9 Å². The van der Waals surface area contributed by atoms with Gasteiger partial charge in [0.2, 0.25) is 5.95 Å². The molecule has 0 bridgehead atoms. The molecule has 0 radical (unpaired) electrons. The lowest BCUT2D eigenvalue weighted by Gasteiger charge is -2.16. The topological polar surface area (TPSA) is 63.3 Å². The van der Waals surface area contributed by atoms with E-state index in [1.54, 1.807) is 0 Å². The molecule has 2 aliphatic rings. The fraction of sp³-hybridized carbons (Fsp3) is 0.188. The number of fused-ring (bicyclic) bond motifs is 1. The van der Waals surface area contributed by atoms with Crippen molar-refractivity contribution >= 4 is 0 Å². The molecule has 3 rings (SSSR count). The number of rotatable bonds is 2. The normalized spacial score (nSPS) is 13.9. The van der Waals surface area contributed by atoms with E-state index in [0.29, 0.717) is 6.92 Å². The Morgan fingerprint density at radius 1 is 1.07 bits per heavy atom. The Kier molecular flexibility index (Phi) is 4.73. The maximum absolute atomic E-state index is 14.6. The average Bonchev–Trinajstić information content (AvgIpc) is 2.56. The Hall–Kier alpha value is -3.18. The molecule has 0 aliphatic carbocycles. The second-order valence-corrected chi connectivity index (χ2v) is 5.66. The second-order valence-electron chi connectivity index (χ2n) is 5.66. The first kappa shape index (κ1) is 19.6. The number of halogens is 7. The van der Waals surface area contributed by atoms with Crippen molar-refractivity contribution in [1.29, 1.82) is 0 Å². The number of pyridine rings is 1. The molecule has 1 atom stereocenters. The molecule has 0 spiro atoms. The molecule has 1 unspecified atom stereocenters. The van der Waals surface area contributed by atoms with E-state index in [4.69, 9.17) is 0 Å². The zero-order valence-corrected chi connectivity index (χ0v) is 13.8. The number of benzene rings is 1. The Labute approximate surface area is 151 Å². The summed E-state index contributed by atoms with van der Waals surface area (Å²) in [7, 11) is 0. The minimum absolute atomic E-state index is 0.226. The van der Waals surface area contributed by atoms with E-state index in [1.807, 2.05) is 0 Å². The van der Waals surface area contributed by atoms with Gasteiger partial charge in [0.25, 0.3) is 0 Å². The first-order chi connectivity index (χ1) is 13.0. The highest BCUT2D eigenvalue weighted by Gasteiger charge is 2.37. The molecule has 0 saturated heterocycles. The van der Waals surface area contributed by atoms with E-state index in [1.165, 1.54) is 0 Å². The average molecular weight is 406 g/mol. The van der Waals surface area contributed by atoms with Crippen molar-refractivity contribution in [2.75, 3.05) is 0 Å². The van der Waals surface area contributed by atoms with Crippen molar-refractivity contribution in [2.45, 2.75) is 19.1 Å². The molecule has 0 aromatic heterocycles. The van der Waals surface area contributed by atoms with Gasteiger partial charge in [0.05, 0.1) is 17.3 Å². The lowest BCUT2D eigenvalue weighted by molar-refractivity contribution is -0.143. The standard InChI is InChI=1S/C16H9F7N4O/c1-6(16(21,22)23)25-12-11(10-8(18)4-7(17)5-9(10)19)14(20)26-15-13(12)24-2-3-27(15)28/h2-6,28H,1H3. The molecule has 0 amide bonds. The monoisotopic (exact) mass is 406 g/mol. The van der Waals surface area contributed by atoms with Crippen LogP contribution in [0, 0.1) is 23.4 Å². The van der Waals surface area contributed by atoms with Crippen LogP contribution in [0.5, 0.6) is 0 Å². The summed E-state index contributed by atoms with van der Waals surface area (Å²) in [5.74, 6) is -6.76. The summed E-state index contributed by atoms with van der Waals surface area (Å²) in [6.45, 7) is 0.626. The minimum atomic E-state index is -4.87. The van der Waals surface area contributed by atoms with Gasteiger partial charge in [-0.25, -0.2) is 18.2 Å². The highest BCUT2D eigenvalue weighted by Crippen LogP contribution is 2.29. The van der Waals surface area contributed by atoms with Crippen molar-refractivity contribution in [3.8, 4) is 22.6 Å². The van der Waals surface area contributed by atoms with Gasteiger partial charge in [-0.2, -0.15) is 27.3 Å². The van der Waals surface area contributed by atoms with Gasteiger partial charge in [-0.3, -0.25) is 4.99 Å². The summed E-state index contributed by atoms with van der Waals surface area (Å²) in [4.78, 5) is 10.3. The van der Waals surface area contributed by atoms with Gasteiger partial charge >= 0.3 is 6.18 Å². The molecule has 28 heavy (non-hydrogen) atoms.